The average molecular weight is 338 g/mol. The Labute approximate surface area is 139 Å². The molecule has 2 aliphatic rings. The molecule has 128 valence electrons. The van der Waals surface area contributed by atoms with E-state index in [-0.39, 0.29) is 11.8 Å². The van der Waals surface area contributed by atoms with Crippen LogP contribution in [0, 0.1) is 0 Å². The summed E-state index contributed by atoms with van der Waals surface area (Å²) in [4.78, 5) is 0. The summed E-state index contributed by atoms with van der Waals surface area (Å²) in [6.07, 6.45) is 6.66. The van der Waals surface area contributed by atoms with Crippen LogP contribution in [-0.4, -0.2) is 47.8 Å². The second kappa shape index (κ2) is 7.20. The van der Waals surface area contributed by atoms with Gasteiger partial charge in [-0.25, -0.2) is 0 Å². The van der Waals surface area contributed by atoms with Crippen LogP contribution in [0.4, 0.5) is 0 Å². The van der Waals surface area contributed by atoms with Crippen LogP contribution in [0.5, 0.6) is 5.75 Å². The van der Waals surface area contributed by atoms with E-state index in [4.69, 9.17) is 0 Å². The third-order valence-corrected chi connectivity index (χ3v) is 7.05. The van der Waals surface area contributed by atoms with Crippen LogP contribution in [0.3, 0.4) is 0 Å². The molecule has 1 N–H and O–H groups in total. The van der Waals surface area contributed by atoms with E-state index in [1.807, 2.05) is 12.1 Å². The number of hydrogen-bond acceptors (Lipinski definition) is 3. The molecule has 0 aliphatic carbocycles. The maximum Gasteiger partial charge on any atom is 0.282 e. The number of rotatable bonds is 5. The summed E-state index contributed by atoms with van der Waals surface area (Å²) in [5.41, 5.74) is 1.15. The Bertz CT molecular complexity index is 609. The van der Waals surface area contributed by atoms with Crippen LogP contribution in [0.2, 0.25) is 0 Å². The highest BCUT2D eigenvalue weighted by Gasteiger charge is 2.37. The third kappa shape index (κ3) is 3.87. The minimum atomic E-state index is -3.30. The van der Waals surface area contributed by atoms with Crippen molar-refractivity contribution in [1.29, 1.82) is 0 Å². The van der Waals surface area contributed by atoms with Crippen molar-refractivity contribution in [2.75, 3.05) is 19.6 Å². The molecule has 2 saturated heterocycles. The second-order valence-electron chi connectivity index (χ2n) is 6.58. The number of phenolic OH excluding ortho intramolecular Hbond substituents is 1. The lowest BCUT2D eigenvalue weighted by molar-refractivity contribution is 0.226. The molecule has 0 aromatic heterocycles. The van der Waals surface area contributed by atoms with E-state index in [1.165, 1.54) is 0 Å². The van der Waals surface area contributed by atoms with Crippen molar-refractivity contribution >= 4 is 10.2 Å². The Morgan fingerprint density at radius 2 is 1.65 bits per heavy atom. The fourth-order valence-corrected chi connectivity index (χ4v) is 5.59. The van der Waals surface area contributed by atoms with Crippen molar-refractivity contribution < 1.29 is 13.5 Å². The molecule has 6 heteroatoms. The van der Waals surface area contributed by atoms with Crippen LogP contribution in [0.15, 0.2) is 24.3 Å². The van der Waals surface area contributed by atoms with Crippen molar-refractivity contribution in [3.8, 4) is 5.75 Å². The quantitative estimate of drug-likeness (QED) is 0.897. The lowest BCUT2D eigenvalue weighted by atomic mass is 9.98. The maximum atomic E-state index is 12.9. The summed E-state index contributed by atoms with van der Waals surface area (Å²) >= 11 is 0. The number of benzene rings is 1. The largest absolute Gasteiger partial charge is 0.508 e. The topological polar surface area (TPSA) is 60.9 Å². The van der Waals surface area contributed by atoms with Crippen molar-refractivity contribution in [2.45, 2.75) is 51.0 Å². The van der Waals surface area contributed by atoms with E-state index in [0.29, 0.717) is 19.6 Å². The molecule has 0 saturated carbocycles. The molecule has 5 nitrogen and oxygen atoms in total. The van der Waals surface area contributed by atoms with Gasteiger partial charge in [0.25, 0.3) is 10.2 Å². The summed E-state index contributed by atoms with van der Waals surface area (Å²) in [7, 11) is -3.30. The number of hydrogen-bond donors (Lipinski definition) is 1. The molecule has 2 aliphatic heterocycles. The van der Waals surface area contributed by atoms with Crippen LogP contribution >= 0.6 is 0 Å². The van der Waals surface area contributed by atoms with Gasteiger partial charge in [-0.3, -0.25) is 0 Å². The summed E-state index contributed by atoms with van der Waals surface area (Å²) < 4.78 is 29.2. The van der Waals surface area contributed by atoms with Crippen LogP contribution in [0.25, 0.3) is 0 Å². The number of nitrogens with zero attached hydrogens (tertiary/aromatic N) is 2. The third-order valence-electron chi connectivity index (χ3n) is 4.96. The normalized spacial score (nSPS) is 24.1. The number of aromatic hydroxyl groups is 1. The van der Waals surface area contributed by atoms with Gasteiger partial charge < -0.3 is 5.11 Å². The van der Waals surface area contributed by atoms with E-state index >= 15 is 0 Å². The predicted molar refractivity (Wildman–Crippen MR) is 90.5 cm³/mol. The Morgan fingerprint density at radius 1 is 1.00 bits per heavy atom. The van der Waals surface area contributed by atoms with E-state index in [2.05, 4.69) is 0 Å². The van der Waals surface area contributed by atoms with E-state index in [9.17, 15) is 13.5 Å². The van der Waals surface area contributed by atoms with Gasteiger partial charge >= 0.3 is 0 Å². The van der Waals surface area contributed by atoms with E-state index in [0.717, 1.165) is 50.5 Å². The van der Waals surface area contributed by atoms with Crippen LogP contribution in [-0.2, 0) is 16.6 Å². The zero-order valence-electron chi connectivity index (χ0n) is 13.5. The second-order valence-corrected chi connectivity index (χ2v) is 8.46. The Morgan fingerprint density at radius 3 is 2.35 bits per heavy atom. The zero-order chi connectivity index (χ0) is 16.3. The monoisotopic (exact) mass is 338 g/mol. The average Bonchev–Trinajstić information content (AvgIpc) is 3.10. The lowest BCUT2D eigenvalue weighted by Gasteiger charge is -2.37. The lowest BCUT2D eigenvalue weighted by Crippen LogP contribution is -2.50. The Kier molecular flexibility index (Phi) is 5.24. The van der Waals surface area contributed by atoms with Gasteiger partial charge in [0, 0.05) is 25.7 Å². The van der Waals surface area contributed by atoms with Crippen molar-refractivity contribution in [2.24, 2.45) is 0 Å². The van der Waals surface area contributed by atoms with Gasteiger partial charge in [0.1, 0.15) is 5.75 Å². The molecule has 0 bridgehead atoms. The first-order valence-corrected chi connectivity index (χ1v) is 10.0. The summed E-state index contributed by atoms with van der Waals surface area (Å²) in [5, 5.41) is 9.35. The number of aryl methyl sites for hydroxylation is 1. The number of phenols is 1. The van der Waals surface area contributed by atoms with Gasteiger partial charge in [0.15, 0.2) is 0 Å². The molecule has 0 spiro atoms. The summed E-state index contributed by atoms with van der Waals surface area (Å²) in [6.45, 7) is 1.99. The predicted octanol–water partition coefficient (Wildman–Crippen LogP) is 2.52. The zero-order valence-corrected chi connectivity index (χ0v) is 14.3. The molecule has 1 aromatic rings. The van der Waals surface area contributed by atoms with Crippen LogP contribution < -0.4 is 0 Å². The highest BCUT2D eigenvalue weighted by molar-refractivity contribution is 7.86. The highest BCUT2D eigenvalue weighted by atomic mass is 32.2. The van der Waals surface area contributed by atoms with Crippen molar-refractivity contribution in [1.82, 2.24) is 8.61 Å². The first kappa shape index (κ1) is 16.7. The standard InChI is InChI=1S/C17H26N2O3S/c20-17-10-7-15(8-11-17)6-9-16-5-1-2-14-19(16)23(21,22)18-12-3-4-13-18/h7-8,10-11,16,20H,1-6,9,12-14H2/t16-/m1/s1. The molecule has 0 amide bonds. The molecule has 23 heavy (non-hydrogen) atoms. The maximum absolute atomic E-state index is 12.9. The first-order chi connectivity index (χ1) is 11.1. The van der Waals surface area contributed by atoms with Gasteiger partial charge in [-0.2, -0.15) is 17.0 Å². The van der Waals surface area contributed by atoms with Gasteiger partial charge in [-0.1, -0.05) is 18.6 Å². The van der Waals surface area contributed by atoms with Gasteiger partial charge in [-0.05, 0) is 56.2 Å². The minimum Gasteiger partial charge on any atom is -0.508 e. The molecular formula is C17H26N2O3S. The first-order valence-electron chi connectivity index (χ1n) is 8.62. The van der Waals surface area contributed by atoms with E-state index < -0.39 is 10.2 Å². The molecule has 1 aromatic carbocycles. The molecule has 2 fully saturated rings. The van der Waals surface area contributed by atoms with Crippen molar-refractivity contribution in [3.63, 3.8) is 0 Å². The highest BCUT2D eigenvalue weighted by Crippen LogP contribution is 2.27. The van der Waals surface area contributed by atoms with E-state index in [1.54, 1.807) is 20.7 Å². The summed E-state index contributed by atoms with van der Waals surface area (Å²) in [5.74, 6) is 0.268. The SMILES string of the molecule is O=S(=O)(N1CCCC1)N1CCCC[C@@H]1CCc1ccc(O)cc1. The van der Waals surface area contributed by atoms with Crippen LogP contribution in [0.1, 0.15) is 44.1 Å². The Hall–Kier alpha value is -1.11. The molecular weight excluding hydrogens is 312 g/mol. The summed E-state index contributed by atoms with van der Waals surface area (Å²) in [6, 6.07) is 7.31. The van der Waals surface area contributed by atoms with Gasteiger partial charge in [-0.15, -0.1) is 0 Å². The fraction of sp³-hybridized carbons (Fsp3) is 0.647. The Balaban J connectivity index is 1.67. The smallest absolute Gasteiger partial charge is 0.282 e. The van der Waals surface area contributed by atoms with Crippen molar-refractivity contribution in [3.05, 3.63) is 29.8 Å². The van der Waals surface area contributed by atoms with Gasteiger partial charge in [0.2, 0.25) is 0 Å². The molecule has 3 rings (SSSR count). The fourth-order valence-electron chi connectivity index (χ4n) is 3.63. The molecule has 0 radical (unpaired) electrons. The van der Waals surface area contributed by atoms with Gasteiger partial charge in [0.05, 0.1) is 0 Å². The minimum absolute atomic E-state index is 0.100. The number of piperidine rings is 1. The molecule has 0 unspecified atom stereocenters. The molecule has 2 heterocycles. The molecule has 1 atom stereocenters.